The van der Waals surface area contributed by atoms with Crippen LogP contribution in [0.3, 0.4) is 0 Å². The minimum atomic E-state index is -4.51. The van der Waals surface area contributed by atoms with Gasteiger partial charge in [0.2, 0.25) is 0 Å². The number of carbonyl (C=O) groups excluding carboxylic acids is 2. The summed E-state index contributed by atoms with van der Waals surface area (Å²) >= 11 is 0. The molecule has 8 heteroatoms. The van der Waals surface area contributed by atoms with Crippen molar-refractivity contribution in [1.82, 2.24) is 10.3 Å². The van der Waals surface area contributed by atoms with Crippen LogP contribution in [0, 0.1) is 0 Å². The van der Waals surface area contributed by atoms with Gasteiger partial charge in [0.05, 0.1) is 12.2 Å². The smallest absolute Gasteiger partial charge is 0.417 e. The van der Waals surface area contributed by atoms with Gasteiger partial charge < -0.3 is 10.1 Å². The van der Waals surface area contributed by atoms with Crippen molar-refractivity contribution in [3.8, 4) is 0 Å². The molecule has 0 spiro atoms. The summed E-state index contributed by atoms with van der Waals surface area (Å²) in [5.41, 5.74) is -1.16. The second-order valence-corrected chi connectivity index (χ2v) is 3.42. The highest BCUT2D eigenvalue weighted by Crippen LogP contribution is 2.28. The number of pyridine rings is 1. The molecule has 0 bridgehead atoms. The molecule has 5 nitrogen and oxygen atoms in total. The number of amides is 1. The van der Waals surface area contributed by atoms with Crippen molar-refractivity contribution < 1.29 is 27.5 Å². The first-order valence-electron chi connectivity index (χ1n) is 5.31. The van der Waals surface area contributed by atoms with Crippen molar-refractivity contribution in [2.45, 2.75) is 13.1 Å². The van der Waals surface area contributed by atoms with Crippen molar-refractivity contribution in [1.29, 1.82) is 0 Å². The van der Waals surface area contributed by atoms with Gasteiger partial charge in [0.15, 0.2) is 0 Å². The highest BCUT2D eigenvalue weighted by Gasteiger charge is 2.30. The van der Waals surface area contributed by atoms with Crippen molar-refractivity contribution >= 4 is 11.9 Å². The van der Waals surface area contributed by atoms with Crippen LogP contribution in [0.25, 0.3) is 0 Å². The van der Waals surface area contributed by atoms with E-state index in [9.17, 15) is 22.8 Å². The molecule has 1 heterocycles. The molecule has 0 radical (unpaired) electrons. The summed E-state index contributed by atoms with van der Waals surface area (Å²) in [6, 6.07) is 1.68. The van der Waals surface area contributed by atoms with Crippen LogP contribution in [0.2, 0.25) is 0 Å². The fourth-order valence-electron chi connectivity index (χ4n) is 1.15. The van der Waals surface area contributed by atoms with Gasteiger partial charge in [-0.1, -0.05) is 0 Å². The molecule has 1 aromatic heterocycles. The molecule has 0 aromatic carbocycles. The third-order valence-electron chi connectivity index (χ3n) is 2.02. The largest absolute Gasteiger partial charge is 0.465 e. The third-order valence-corrected chi connectivity index (χ3v) is 2.02. The lowest BCUT2D eigenvalue weighted by molar-refractivity contribution is -0.141. The van der Waals surface area contributed by atoms with Gasteiger partial charge in [0.1, 0.15) is 12.2 Å². The molecule has 0 aliphatic heterocycles. The number of halogens is 3. The maximum atomic E-state index is 12.3. The van der Waals surface area contributed by atoms with E-state index >= 15 is 0 Å². The summed E-state index contributed by atoms with van der Waals surface area (Å²) in [7, 11) is 0. The molecule has 0 unspecified atom stereocenters. The van der Waals surface area contributed by atoms with E-state index in [1.165, 1.54) is 0 Å². The Labute approximate surface area is 106 Å². The molecular formula is C11H11F3N2O3. The highest BCUT2D eigenvalue weighted by molar-refractivity contribution is 5.94. The van der Waals surface area contributed by atoms with E-state index in [0.717, 1.165) is 12.1 Å². The van der Waals surface area contributed by atoms with Crippen molar-refractivity contribution in [2.24, 2.45) is 0 Å². The standard InChI is InChI=1S/C11H11F3N2O3/c1-2-19-9(17)6-16-10(18)8-4-3-7(5-15-8)11(12,13)14/h3-5H,2,6H2,1H3,(H,16,18). The maximum absolute atomic E-state index is 12.3. The monoisotopic (exact) mass is 276 g/mol. The Morgan fingerprint density at radius 1 is 1.37 bits per heavy atom. The zero-order chi connectivity index (χ0) is 14.5. The summed E-state index contributed by atoms with van der Waals surface area (Å²) in [5, 5.41) is 2.18. The lowest BCUT2D eigenvalue weighted by atomic mass is 10.2. The number of ether oxygens (including phenoxy) is 1. The molecule has 0 aliphatic rings. The molecule has 0 atom stereocenters. The van der Waals surface area contributed by atoms with Crippen molar-refractivity contribution in [3.05, 3.63) is 29.6 Å². The Balaban J connectivity index is 2.61. The molecule has 0 saturated carbocycles. The van der Waals surface area contributed by atoms with Crippen LogP contribution in [0.15, 0.2) is 18.3 Å². The zero-order valence-electron chi connectivity index (χ0n) is 9.95. The number of alkyl halides is 3. The van der Waals surface area contributed by atoms with Crippen molar-refractivity contribution in [3.63, 3.8) is 0 Å². The number of hydrogen-bond acceptors (Lipinski definition) is 4. The fraction of sp³-hybridized carbons (Fsp3) is 0.364. The lowest BCUT2D eigenvalue weighted by Gasteiger charge is -2.07. The Hall–Kier alpha value is -2.12. The van der Waals surface area contributed by atoms with Gasteiger partial charge in [-0.15, -0.1) is 0 Å². The van der Waals surface area contributed by atoms with E-state index in [1.807, 2.05) is 0 Å². The predicted octanol–water partition coefficient (Wildman–Crippen LogP) is 1.39. The number of nitrogens with one attached hydrogen (secondary N) is 1. The van der Waals surface area contributed by atoms with Crippen LogP contribution >= 0.6 is 0 Å². The zero-order valence-corrected chi connectivity index (χ0v) is 9.95. The summed E-state index contributed by atoms with van der Waals surface area (Å²) in [6.45, 7) is 1.42. The van der Waals surface area contributed by atoms with Gasteiger partial charge in [-0.2, -0.15) is 13.2 Å². The topological polar surface area (TPSA) is 68.3 Å². The first-order chi connectivity index (χ1) is 8.84. The molecule has 0 fully saturated rings. The average Bonchev–Trinajstić information content (AvgIpc) is 2.35. The van der Waals surface area contributed by atoms with Crippen LogP contribution in [0.5, 0.6) is 0 Å². The van der Waals surface area contributed by atoms with Gasteiger partial charge >= 0.3 is 12.1 Å². The SMILES string of the molecule is CCOC(=O)CNC(=O)c1ccc(C(F)(F)F)cn1. The number of hydrogen-bond donors (Lipinski definition) is 1. The Bertz CT molecular complexity index is 457. The first kappa shape index (κ1) is 14.9. The minimum absolute atomic E-state index is 0.174. The van der Waals surface area contributed by atoms with Crippen LogP contribution in [-0.4, -0.2) is 30.0 Å². The van der Waals surface area contributed by atoms with Gasteiger partial charge in [-0.3, -0.25) is 14.6 Å². The quantitative estimate of drug-likeness (QED) is 0.844. The van der Waals surface area contributed by atoms with E-state index in [0.29, 0.717) is 6.20 Å². The number of aromatic nitrogens is 1. The molecule has 1 N–H and O–H groups in total. The van der Waals surface area contributed by atoms with Crippen LogP contribution in [0.4, 0.5) is 13.2 Å². The maximum Gasteiger partial charge on any atom is 0.417 e. The molecule has 0 aliphatic carbocycles. The molecule has 104 valence electrons. The fourth-order valence-corrected chi connectivity index (χ4v) is 1.15. The Kier molecular flexibility index (Phi) is 4.85. The van der Waals surface area contributed by atoms with E-state index in [1.54, 1.807) is 6.92 Å². The van der Waals surface area contributed by atoms with Gasteiger partial charge in [0.25, 0.3) is 5.91 Å². The number of esters is 1. The van der Waals surface area contributed by atoms with Crippen LogP contribution < -0.4 is 5.32 Å². The highest BCUT2D eigenvalue weighted by atomic mass is 19.4. The lowest BCUT2D eigenvalue weighted by Crippen LogP contribution is -2.31. The van der Waals surface area contributed by atoms with E-state index in [4.69, 9.17) is 0 Å². The Morgan fingerprint density at radius 3 is 2.53 bits per heavy atom. The van der Waals surface area contributed by atoms with Crippen molar-refractivity contribution in [2.75, 3.05) is 13.2 Å². The molecule has 1 amide bonds. The predicted molar refractivity (Wildman–Crippen MR) is 58.2 cm³/mol. The van der Waals surface area contributed by atoms with Gasteiger partial charge in [-0.05, 0) is 19.1 Å². The van der Waals surface area contributed by atoms with Gasteiger partial charge in [0, 0.05) is 6.20 Å². The number of nitrogens with zero attached hydrogens (tertiary/aromatic N) is 1. The molecule has 0 saturated heterocycles. The second kappa shape index (κ2) is 6.17. The number of rotatable bonds is 4. The Morgan fingerprint density at radius 2 is 2.05 bits per heavy atom. The molecule has 1 aromatic rings. The summed E-state index contributed by atoms with van der Waals surface area (Å²) < 4.78 is 41.3. The second-order valence-electron chi connectivity index (χ2n) is 3.42. The minimum Gasteiger partial charge on any atom is -0.465 e. The summed E-state index contributed by atoms with van der Waals surface area (Å²) in [5.74, 6) is -1.38. The summed E-state index contributed by atoms with van der Waals surface area (Å²) in [6.07, 6.45) is -3.95. The molecule has 19 heavy (non-hydrogen) atoms. The number of carbonyl (C=O) groups is 2. The normalized spacial score (nSPS) is 10.9. The third kappa shape index (κ3) is 4.57. The van der Waals surface area contributed by atoms with E-state index in [-0.39, 0.29) is 18.8 Å². The van der Waals surface area contributed by atoms with Crippen LogP contribution in [-0.2, 0) is 15.7 Å². The molecular weight excluding hydrogens is 265 g/mol. The summed E-state index contributed by atoms with van der Waals surface area (Å²) in [4.78, 5) is 25.8. The van der Waals surface area contributed by atoms with E-state index in [2.05, 4.69) is 15.0 Å². The molecule has 1 rings (SSSR count). The van der Waals surface area contributed by atoms with Crippen LogP contribution in [0.1, 0.15) is 23.0 Å². The average molecular weight is 276 g/mol. The van der Waals surface area contributed by atoms with E-state index < -0.39 is 23.6 Å². The first-order valence-corrected chi connectivity index (χ1v) is 5.31. The van der Waals surface area contributed by atoms with Gasteiger partial charge in [-0.25, -0.2) is 0 Å².